The average Bonchev–Trinajstić information content (AvgIpc) is 2.41. The Morgan fingerprint density at radius 2 is 2.06 bits per heavy atom. The molecular formula is C15H19NO2. The summed E-state index contributed by atoms with van der Waals surface area (Å²) in [6.45, 7) is 4.12. The molecule has 18 heavy (non-hydrogen) atoms. The molecule has 1 N–H and O–H groups in total. The fourth-order valence-corrected chi connectivity index (χ4v) is 1.66. The molecule has 0 radical (unpaired) electrons. The number of ether oxygens (including phenoxy) is 1. The average molecular weight is 245 g/mol. The SMILES string of the molecule is C#CC(CC)NC(C(=O)OCC)c1ccccc1. The minimum absolute atomic E-state index is 0.139. The van der Waals surface area contributed by atoms with Crippen molar-refractivity contribution in [1.29, 1.82) is 0 Å². The van der Waals surface area contributed by atoms with Crippen LogP contribution < -0.4 is 5.32 Å². The zero-order valence-electron chi connectivity index (χ0n) is 10.8. The van der Waals surface area contributed by atoms with Crippen molar-refractivity contribution < 1.29 is 9.53 Å². The summed E-state index contributed by atoms with van der Waals surface area (Å²) in [4.78, 5) is 12.0. The number of carbonyl (C=O) groups is 1. The Labute approximate surface area is 109 Å². The molecule has 1 aromatic carbocycles. The number of terminal acetylenes is 1. The number of benzene rings is 1. The normalized spacial score (nSPS) is 13.4. The fourth-order valence-electron chi connectivity index (χ4n) is 1.66. The van der Waals surface area contributed by atoms with Gasteiger partial charge in [-0.1, -0.05) is 43.2 Å². The highest BCUT2D eigenvalue weighted by atomic mass is 16.5. The highest BCUT2D eigenvalue weighted by molar-refractivity contribution is 5.77. The van der Waals surface area contributed by atoms with Crippen LogP contribution in [0.5, 0.6) is 0 Å². The molecule has 1 aromatic rings. The Bertz CT molecular complexity index is 408. The van der Waals surface area contributed by atoms with Crippen LogP contribution in [0.15, 0.2) is 30.3 Å². The summed E-state index contributed by atoms with van der Waals surface area (Å²) >= 11 is 0. The number of nitrogens with one attached hydrogen (secondary N) is 1. The van der Waals surface area contributed by atoms with Crippen LogP contribution in [0.25, 0.3) is 0 Å². The quantitative estimate of drug-likeness (QED) is 0.617. The van der Waals surface area contributed by atoms with E-state index in [1.807, 2.05) is 37.3 Å². The van der Waals surface area contributed by atoms with Crippen molar-refractivity contribution in [2.75, 3.05) is 6.61 Å². The van der Waals surface area contributed by atoms with Crippen molar-refractivity contribution in [2.24, 2.45) is 0 Å². The minimum atomic E-state index is -0.507. The molecule has 2 atom stereocenters. The zero-order valence-corrected chi connectivity index (χ0v) is 10.8. The Balaban J connectivity index is 2.89. The number of rotatable bonds is 6. The Morgan fingerprint density at radius 1 is 1.39 bits per heavy atom. The molecule has 0 amide bonds. The van der Waals surface area contributed by atoms with Gasteiger partial charge < -0.3 is 4.74 Å². The molecule has 0 spiro atoms. The molecule has 2 unspecified atom stereocenters. The smallest absolute Gasteiger partial charge is 0.327 e. The van der Waals surface area contributed by atoms with E-state index in [-0.39, 0.29) is 12.0 Å². The lowest BCUT2D eigenvalue weighted by Gasteiger charge is -2.20. The van der Waals surface area contributed by atoms with Gasteiger partial charge in [-0.15, -0.1) is 6.42 Å². The first-order valence-corrected chi connectivity index (χ1v) is 6.16. The van der Waals surface area contributed by atoms with Gasteiger partial charge in [0.2, 0.25) is 0 Å². The van der Waals surface area contributed by atoms with E-state index >= 15 is 0 Å². The highest BCUT2D eigenvalue weighted by Gasteiger charge is 2.23. The second kappa shape index (κ2) is 7.52. The highest BCUT2D eigenvalue weighted by Crippen LogP contribution is 2.15. The Hall–Kier alpha value is -1.79. The standard InChI is InChI=1S/C15H19NO2/c1-4-13(5-2)16-14(15(17)18-6-3)12-10-8-7-9-11-12/h1,7-11,13-14,16H,5-6H2,2-3H3. The van der Waals surface area contributed by atoms with E-state index in [9.17, 15) is 4.79 Å². The lowest BCUT2D eigenvalue weighted by molar-refractivity contribution is -0.146. The van der Waals surface area contributed by atoms with Crippen LogP contribution in [-0.4, -0.2) is 18.6 Å². The van der Waals surface area contributed by atoms with Crippen molar-refractivity contribution in [3.8, 4) is 12.3 Å². The largest absolute Gasteiger partial charge is 0.465 e. The molecule has 0 aromatic heterocycles. The van der Waals surface area contributed by atoms with Crippen molar-refractivity contribution in [2.45, 2.75) is 32.4 Å². The van der Waals surface area contributed by atoms with Gasteiger partial charge in [0, 0.05) is 0 Å². The van der Waals surface area contributed by atoms with Crippen LogP contribution in [0.4, 0.5) is 0 Å². The van der Waals surface area contributed by atoms with Gasteiger partial charge >= 0.3 is 5.97 Å². The van der Waals surface area contributed by atoms with E-state index in [0.29, 0.717) is 6.61 Å². The van der Waals surface area contributed by atoms with Crippen LogP contribution >= 0.6 is 0 Å². The second-order valence-electron chi connectivity index (χ2n) is 3.89. The van der Waals surface area contributed by atoms with Crippen LogP contribution in [0, 0.1) is 12.3 Å². The number of hydrogen-bond donors (Lipinski definition) is 1. The molecule has 0 bridgehead atoms. The first-order valence-electron chi connectivity index (χ1n) is 6.16. The van der Waals surface area contributed by atoms with Crippen LogP contribution in [0.3, 0.4) is 0 Å². The first-order chi connectivity index (χ1) is 8.72. The summed E-state index contributed by atoms with van der Waals surface area (Å²) in [6.07, 6.45) is 6.18. The van der Waals surface area contributed by atoms with E-state index in [2.05, 4.69) is 11.2 Å². The Morgan fingerprint density at radius 3 is 2.56 bits per heavy atom. The molecule has 0 saturated heterocycles. The first kappa shape index (κ1) is 14.3. The molecule has 0 aliphatic carbocycles. The maximum absolute atomic E-state index is 12.0. The van der Waals surface area contributed by atoms with Gasteiger partial charge in [-0.3, -0.25) is 5.32 Å². The van der Waals surface area contributed by atoms with E-state index < -0.39 is 6.04 Å². The molecule has 1 rings (SSSR count). The minimum Gasteiger partial charge on any atom is -0.465 e. The molecule has 96 valence electrons. The lowest BCUT2D eigenvalue weighted by Crippen LogP contribution is -2.36. The van der Waals surface area contributed by atoms with Crippen LogP contribution in [-0.2, 0) is 9.53 Å². The predicted octanol–water partition coefficient (Wildman–Crippen LogP) is 2.29. The zero-order chi connectivity index (χ0) is 13.4. The summed E-state index contributed by atoms with van der Waals surface area (Å²) in [5, 5.41) is 3.14. The van der Waals surface area contributed by atoms with Gasteiger partial charge in [0.05, 0.1) is 12.6 Å². The van der Waals surface area contributed by atoms with Crippen molar-refractivity contribution >= 4 is 5.97 Å². The summed E-state index contributed by atoms with van der Waals surface area (Å²) in [5.41, 5.74) is 0.865. The van der Waals surface area contributed by atoms with Crippen molar-refractivity contribution in [3.63, 3.8) is 0 Å². The summed E-state index contributed by atoms with van der Waals surface area (Å²) < 4.78 is 5.08. The Kier molecular flexibility index (Phi) is 5.96. The molecule has 3 heteroatoms. The van der Waals surface area contributed by atoms with Crippen molar-refractivity contribution in [1.82, 2.24) is 5.32 Å². The van der Waals surface area contributed by atoms with Crippen molar-refractivity contribution in [3.05, 3.63) is 35.9 Å². The van der Waals surface area contributed by atoms with Gasteiger partial charge in [-0.05, 0) is 18.9 Å². The van der Waals surface area contributed by atoms with E-state index in [1.54, 1.807) is 6.92 Å². The topological polar surface area (TPSA) is 38.3 Å². The van der Waals surface area contributed by atoms with Gasteiger partial charge in [0.15, 0.2) is 0 Å². The predicted molar refractivity (Wildman–Crippen MR) is 71.9 cm³/mol. The lowest BCUT2D eigenvalue weighted by atomic mass is 10.1. The monoisotopic (exact) mass is 245 g/mol. The van der Waals surface area contributed by atoms with Gasteiger partial charge in [0.1, 0.15) is 6.04 Å². The number of esters is 1. The third kappa shape index (κ3) is 3.90. The molecular weight excluding hydrogens is 226 g/mol. The van der Waals surface area contributed by atoms with E-state index in [4.69, 9.17) is 11.2 Å². The number of carbonyl (C=O) groups excluding carboxylic acids is 1. The van der Waals surface area contributed by atoms with Crippen LogP contribution in [0.2, 0.25) is 0 Å². The van der Waals surface area contributed by atoms with E-state index in [0.717, 1.165) is 12.0 Å². The summed E-state index contributed by atoms with van der Waals surface area (Å²) in [5.74, 6) is 2.34. The van der Waals surface area contributed by atoms with Crippen LogP contribution in [0.1, 0.15) is 31.9 Å². The van der Waals surface area contributed by atoms with E-state index in [1.165, 1.54) is 0 Å². The molecule has 0 aliphatic heterocycles. The second-order valence-corrected chi connectivity index (χ2v) is 3.89. The van der Waals surface area contributed by atoms with Gasteiger partial charge in [-0.25, -0.2) is 4.79 Å². The molecule has 0 aliphatic rings. The molecule has 3 nitrogen and oxygen atoms in total. The maximum Gasteiger partial charge on any atom is 0.327 e. The third-order valence-electron chi connectivity index (χ3n) is 2.63. The third-order valence-corrected chi connectivity index (χ3v) is 2.63. The fraction of sp³-hybridized carbons (Fsp3) is 0.400. The summed E-state index contributed by atoms with van der Waals surface area (Å²) in [6, 6.07) is 8.81. The maximum atomic E-state index is 12.0. The molecule has 0 saturated carbocycles. The van der Waals surface area contributed by atoms with Gasteiger partial charge in [0.25, 0.3) is 0 Å². The van der Waals surface area contributed by atoms with Gasteiger partial charge in [-0.2, -0.15) is 0 Å². The summed E-state index contributed by atoms with van der Waals surface area (Å²) in [7, 11) is 0. The number of hydrogen-bond acceptors (Lipinski definition) is 3. The molecule has 0 fully saturated rings. The molecule has 0 heterocycles.